The molecule has 0 aliphatic carbocycles. The molecule has 0 fully saturated rings. The van der Waals surface area contributed by atoms with Gasteiger partial charge in [0, 0.05) is 0 Å². The second-order valence-corrected chi connectivity index (χ2v) is 7.27. The van der Waals surface area contributed by atoms with Crippen LogP contribution in [0.2, 0.25) is 10.0 Å². The smallest absolute Gasteiger partial charge is 0.271 e. The highest BCUT2D eigenvalue weighted by atomic mass is 35.5. The van der Waals surface area contributed by atoms with Crippen LogP contribution in [-0.2, 0) is 16.6 Å². The van der Waals surface area contributed by atoms with Gasteiger partial charge in [-0.3, -0.25) is 4.72 Å². The number of aliphatic hydroxyl groups excluding tert-OH is 1. The van der Waals surface area contributed by atoms with E-state index in [0.29, 0.717) is 5.56 Å². The van der Waals surface area contributed by atoms with Gasteiger partial charge in [-0.2, -0.15) is 0 Å². The Morgan fingerprint density at radius 2 is 1.89 bits per heavy atom. The molecule has 19 heavy (non-hydrogen) atoms. The SMILES string of the molecule is O=S(=O)(Nc1c(Cl)cccc1Cl)c1cc(CO)cs1. The highest BCUT2D eigenvalue weighted by Crippen LogP contribution is 2.32. The largest absolute Gasteiger partial charge is 0.392 e. The lowest BCUT2D eigenvalue weighted by Gasteiger charge is -2.09. The van der Waals surface area contributed by atoms with Crippen LogP contribution in [0.5, 0.6) is 0 Å². The van der Waals surface area contributed by atoms with Crippen molar-refractivity contribution in [3.8, 4) is 0 Å². The van der Waals surface area contributed by atoms with Gasteiger partial charge in [0.15, 0.2) is 0 Å². The lowest BCUT2D eigenvalue weighted by molar-refractivity contribution is 0.282. The number of para-hydroxylation sites is 1. The summed E-state index contributed by atoms with van der Waals surface area (Å²) in [5, 5.41) is 11.0. The number of thiophene rings is 1. The molecule has 0 aliphatic rings. The fraction of sp³-hybridized carbons (Fsp3) is 0.0909. The molecule has 1 heterocycles. The summed E-state index contributed by atoms with van der Waals surface area (Å²) in [7, 11) is -3.76. The quantitative estimate of drug-likeness (QED) is 0.898. The number of anilines is 1. The van der Waals surface area contributed by atoms with Gasteiger partial charge in [-0.1, -0.05) is 29.3 Å². The third kappa shape index (κ3) is 3.21. The Labute approximate surface area is 124 Å². The third-order valence-electron chi connectivity index (χ3n) is 2.28. The van der Waals surface area contributed by atoms with Gasteiger partial charge >= 0.3 is 0 Å². The van der Waals surface area contributed by atoms with Crippen LogP contribution in [0.15, 0.2) is 33.9 Å². The molecule has 2 rings (SSSR count). The van der Waals surface area contributed by atoms with Gasteiger partial charge in [-0.05, 0) is 29.1 Å². The predicted octanol–water partition coefficient (Wildman–Crippen LogP) is 3.35. The lowest BCUT2D eigenvalue weighted by Crippen LogP contribution is -2.12. The number of hydrogen-bond donors (Lipinski definition) is 2. The Hall–Kier alpha value is -0.790. The third-order valence-corrected chi connectivity index (χ3v) is 5.74. The number of aliphatic hydroxyl groups is 1. The summed E-state index contributed by atoms with van der Waals surface area (Å²) in [4.78, 5) is 0. The van der Waals surface area contributed by atoms with Gasteiger partial charge in [0.25, 0.3) is 10.0 Å². The molecule has 102 valence electrons. The van der Waals surface area contributed by atoms with Crippen molar-refractivity contribution in [1.29, 1.82) is 0 Å². The number of rotatable bonds is 4. The number of nitrogens with one attached hydrogen (secondary N) is 1. The van der Waals surface area contributed by atoms with Crippen LogP contribution >= 0.6 is 34.5 Å². The van der Waals surface area contributed by atoms with E-state index < -0.39 is 10.0 Å². The average Bonchev–Trinajstić information content (AvgIpc) is 2.83. The van der Waals surface area contributed by atoms with Crippen molar-refractivity contribution in [2.45, 2.75) is 10.8 Å². The van der Waals surface area contributed by atoms with Gasteiger partial charge in [0.1, 0.15) is 4.21 Å². The van der Waals surface area contributed by atoms with Crippen molar-refractivity contribution in [2.24, 2.45) is 0 Å². The Morgan fingerprint density at radius 1 is 1.26 bits per heavy atom. The number of halogens is 2. The Morgan fingerprint density at radius 3 is 2.42 bits per heavy atom. The fourth-order valence-electron chi connectivity index (χ4n) is 1.36. The number of sulfonamides is 1. The maximum atomic E-state index is 12.1. The van der Waals surface area contributed by atoms with Crippen LogP contribution in [0, 0.1) is 0 Å². The first-order valence-electron chi connectivity index (χ1n) is 5.09. The predicted molar refractivity (Wildman–Crippen MR) is 77.5 cm³/mol. The van der Waals surface area contributed by atoms with E-state index in [1.54, 1.807) is 23.6 Å². The molecule has 0 saturated carbocycles. The van der Waals surface area contributed by atoms with Crippen LogP contribution in [-0.4, -0.2) is 13.5 Å². The van der Waals surface area contributed by atoms with Crippen LogP contribution in [0.4, 0.5) is 5.69 Å². The second kappa shape index (κ2) is 5.68. The van der Waals surface area contributed by atoms with E-state index in [4.69, 9.17) is 28.3 Å². The number of hydrogen-bond acceptors (Lipinski definition) is 4. The van der Waals surface area contributed by atoms with Gasteiger partial charge in [0.05, 0.1) is 22.3 Å². The molecule has 0 aliphatic heterocycles. The Balaban J connectivity index is 2.36. The monoisotopic (exact) mass is 337 g/mol. The highest BCUT2D eigenvalue weighted by molar-refractivity contribution is 7.94. The molecule has 1 aromatic carbocycles. The molecule has 0 unspecified atom stereocenters. The van der Waals surface area contributed by atoms with Gasteiger partial charge in [-0.15, -0.1) is 11.3 Å². The van der Waals surface area contributed by atoms with Gasteiger partial charge in [-0.25, -0.2) is 8.42 Å². The number of benzene rings is 1. The minimum absolute atomic E-state index is 0.0903. The van der Waals surface area contributed by atoms with Crippen molar-refractivity contribution in [2.75, 3.05) is 4.72 Å². The minimum atomic E-state index is -3.76. The van der Waals surface area contributed by atoms with Crippen molar-refractivity contribution in [1.82, 2.24) is 0 Å². The van der Waals surface area contributed by atoms with Crippen LogP contribution in [0.25, 0.3) is 0 Å². The summed E-state index contributed by atoms with van der Waals surface area (Å²) in [5.41, 5.74) is 0.681. The average molecular weight is 338 g/mol. The molecule has 0 atom stereocenters. The normalized spacial score (nSPS) is 11.5. The molecule has 0 saturated heterocycles. The summed E-state index contributed by atoms with van der Waals surface area (Å²) >= 11 is 12.8. The first-order chi connectivity index (χ1) is 8.94. The Kier molecular flexibility index (Phi) is 4.37. The van der Waals surface area contributed by atoms with Crippen molar-refractivity contribution >= 4 is 50.2 Å². The van der Waals surface area contributed by atoms with E-state index in [2.05, 4.69) is 4.72 Å². The molecule has 2 aromatic rings. The summed E-state index contributed by atoms with van der Waals surface area (Å²) in [6.07, 6.45) is 0. The standard InChI is InChI=1S/C11H9Cl2NO3S2/c12-8-2-1-3-9(13)11(8)14-19(16,17)10-4-7(5-15)6-18-10/h1-4,6,14-15H,5H2. The zero-order valence-electron chi connectivity index (χ0n) is 9.43. The summed E-state index contributed by atoms with van der Waals surface area (Å²) in [6, 6.07) is 6.10. The maximum absolute atomic E-state index is 12.1. The lowest BCUT2D eigenvalue weighted by atomic mass is 10.3. The topological polar surface area (TPSA) is 66.4 Å². The molecule has 0 bridgehead atoms. The van der Waals surface area contributed by atoms with Crippen LogP contribution in [0.3, 0.4) is 0 Å². The highest BCUT2D eigenvalue weighted by Gasteiger charge is 2.19. The first-order valence-corrected chi connectivity index (χ1v) is 8.21. The summed E-state index contributed by atoms with van der Waals surface area (Å²) < 4.78 is 26.7. The molecule has 0 radical (unpaired) electrons. The molecular weight excluding hydrogens is 329 g/mol. The zero-order chi connectivity index (χ0) is 14.0. The van der Waals surface area contributed by atoms with E-state index in [0.717, 1.165) is 11.3 Å². The zero-order valence-corrected chi connectivity index (χ0v) is 12.6. The maximum Gasteiger partial charge on any atom is 0.271 e. The molecule has 0 spiro atoms. The van der Waals surface area contributed by atoms with E-state index in [1.165, 1.54) is 6.07 Å². The minimum Gasteiger partial charge on any atom is -0.392 e. The van der Waals surface area contributed by atoms with E-state index in [-0.39, 0.29) is 26.5 Å². The van der Waals surface area contributed by atoms with Crippen molar-refractivity contribution < 1.29 is 13.5 Å². The van der Waals surface area contributed by atoms with E-state index in [9.17, 15) is 8.42 Å². The molecule has 8 heteroatoms. The van der Waals surface area contributed by atoms with Gasteiger partial charge in [0.2, 0.25) is 0 Å². The van der Waals surface area contributed by atoms with Gasteiger partial charge < -0.3 is 5.11 Å². The fourth-order valence-corrected chi connectivity index (χ4v) is 4.26. The van der Waals surface area contributed by atoms with E-state index in [1.807, 2.05) is 0 Å². The molecule has 4 nitrogen and oxygen atoms in total. The Bertz CT molecular complexity index is 677. The summed E-state index contributed by atoms with van der Waals surface area (Å²) in [5.74, 6) is 0. The second-order valence-electron chi connectivity index (χ2n) is 3.63. The summed E-state index contributed by atoms with van der Waals surface area (Å²) in [6.45, 7) is -0.209. The van der Waals surface area contributed by atoms with Crippen LogP contribution < -0.4 is 4.72 Å². The van der Waals surface area contributed by atoms with Crippen LogP contribution in [0.1, 0.15) is 5.56 Å². The van der Waals surface area contributed by atoms with Crippen molar-refractivity contribution in [3.05, 3.63) is 45.3 Å². The first kappa shape index (κ1) is 14.6. The molecular formula is C11H9Cl2NO3S2. The molecule has 2 N–H and O–H groups in total. The van der Waals surface area contributed by atoms with Crippen molar-refractivity contribution in [3.63, 3.8) is 0 Å². The molecule has 1 aromatic heterocycles. The van der Waals surface area contributed by atoms with E-state index >= 15 is 0 Å². The molecule has 0 amide bonds.